The Hall–Kier alpha value is -1.53. The van der Waals surface area contributed by atoms with Crippen molar-refractivity contribution in [2.24, 2.45) is 0 Å². The lowest BCUT2D eigenvalue weighted by molar-refractivity contribution is -0.137. The molecule has 0 aliphatic carbocycles. The highest BCUT2D eigenvalue weighted by Gasteiger charge is 1.90. The van der Waals surface area contributed by atoms with Crippen molar-refractivity contribution in [3.63, 3.8) is 0 Å². The van der Waals surface area contributed by atoms with Crippen LogP contribution in [0.5, 0.6) is 0 Å². The van der Waals surface area contributed by atoms with E-state index in [4.69, 9.17) is 0 Å². The van der Waals surface area contributed by atoms with Gasteiger partial charge in [-0.3, -0.25) is 0 Å². The lowest BCUT2D eigenvalue weighted by Crippen LogP contribution is -1.98. The number of thiophene rings is 1. The van der Waals surface area contributed by atoms with Crippen molar-refractivity contribution in [2.75, 3.05) is 6.61 Å². The summed E-state index contributed by atoms with van der Waals surface area (Å²) in [5.41, 5.74) is 0. The predicted octanol–water partition coefficient (Wildman–Crippen LogP) is 2.22. The van der Waals surface area contributed by atoms with Gasteiger partial charge in [-0.15, -0.1) is 11.3 Å². The van der Waals surface area contributed by atoms with Crippen molar-refractivity contribution < 1.29 is 9.53 Å². The first-order chi connectivity index (χ1) is 6.83. The van der Waals surface area contributed by atoms with Crippen molar-refractivity contribution >= 4 is 17.3 Å². The monoisotopic (exact) mass is 206 g/mol. The Morgan fingerprint density at radius 1 is 1.71 bits per heavy atom. The lowest BCUT2D eigenvalue weighted by Gasteiger charge is -1.91. The van der Waals surface area contributed by atoms with Gasteiger partial charge in [0, 0.05) is 6.08 Å². The number of hydrogen-bond acceptors (Lipinski definition) is 3. The van der Waals surface area contributed by atoms with Crippen molar-refractivity contribution in [1.29, 1.82) is 0 Å². The van der Waals surface area contributed by atoms with E-state index in [0.717, 1.165) is 4.88 Å². The number of ether oxygens (including phenoxy) is 1. The van der Waals surface area contributed by atoms with Crippen LogP contribution in [-0.4, -0.2) is 12.6 Å². The van der Waals surface area contributed by atoms with E-state index in [2.05, 4.69) is 16.6 Å². The molecule has 0 aromatic carbocycles. The molecule has 1 aromatic rings. The van der Waals surface area contributed by atoms with Gasteiger partial charge < -0.3 is 4.74 Å². The van der Waals surface area contributed by atoms with Gasteiger partial charge in [0.15, 0.2) is 0 Å². The Morgan fingerprint density at radius 3 is 3.21 bits per heavy atom. The van der Waals surface area contributed by atoms with Gasteiger partial charge in [0.1, 0.15) is 0 Å². The maximum absolute atomic E-state index is 10.8. The fraction of sp³-hybridized carbons (Fsp3) is 0.182. The van der Waals surface area contributed by atoms with Gasteiger partial charge in [-0.05, 0) is 24.4 Å². The van der Waals surface area contributed by atoms with E-state index >= 15 is 0 Å². The van der Waals surface area contributed by atoms with Gasteiger partial charge >= 0.3 is 5.97 Å². The summed E-state index contributed by atoms with van der Waals surface area (Å²) >= 11 is 1.57. The molecule has 0 bridgehead atoms. The molecule has 0 aliphatic rings. The van der Waals surface area contributed by atoms with E-state index in [1.165, 1.54) is 12.2 Å². The molecule has 0 radical (unpaired) electrons. The molecule has 0 unspecified atom stereocenters. The molecule has 0 atom stereocenters. The molecule has 0 fully saturated rings. The molecule has 0 saturated heterocycles. The second-order valence-corrected chi connectivity index (χ2v) is 3.28. The maximum atomic E-state index is 10.8. The second-order valence-electron chi connectivity index (χ2n) is 2.33. The fourth-order valence-corrected chi connectivity index (χ4v) is 1.34. The van der Waals surface area contributed by atoms with Gasteiger partial charge in [-0.2, -0.15) is 0 Å². The van der Waals surface area contributed by atoms with E-state index in [9.17, 15) is 4.79 Å². The van der Waals surface area contributed by atoms with Crippen LogP contribution >= 0.6 is 11.3 Å². The van der Waals surface area contributed by atoms with Crippen LogP contribution in [0, 0.1) is 11.8 Å². The van der Waals surface area contributed by atoms with Crippen molar-refractivity contribution in [3.05, 3.63) is 34.5 Å². The number of allylic oxidation sites excluding steroid dienone is 1. The molecule has 14 heavy (non-hydrogen) atoms. The first-order valence-electron chi connectivity index (χ1n) is 4.21. The Balaban J connectivity index is 2.43. The first kappa shape index (κ1) is 10.6. The Bertz CT molecular complexity index is 366. The zero-order valence-electron chi connectivity index (χ0n) is 7.82. The largest absolute Gasteiger partial charge is 0.463 e. The molecule has 0 aliphatic heterocycles. The standard InChI is InChI=1S/C11H10O2S/c1-2-13-11(12)8-4-3-6-10-7-5-9-14-10/h4-5,7-9H,2H2,1H3. The summed E-state index contributed by atoms with van der Waals surface area (Å²) in [6.07, 6.45) is 2.82. The third-order valence-electron chi connectivity index (χ3n) is 1.31. The highest BCUT2D eigenvalue weighted by molar-refractivity contribution is 7.10. The molecule has 2 nitrogen and oxygen atoms in total. The SMILES string of the molecule is CCOC(=O)C=CC#Cc1cccs1. The van der Waals surface area contributed by atoms with E-state index in [-0.39, 0.29) is 5.97 Å². The quantitative estimate of drug-likeness (QED) is 0.421. The first-order valence-corrected chi connectivity index (χ1v) is 5.09. The van der Waals surface area contributed by atoms with E-state index in [1.807, 2.05) is 17.5 Å². The fourth-order valence-electron chi connectivity index (χ4n) is 0.763. The minimum absolute atomic E-state index is 0.354. The van der Waals surface area contributed by atoms with E-state index in [0.29, 0.717) is 6.61 Å². The van der Waals surface area contributed by atoms with Gasteiger partial charge in [-0.1, -0.05) is 17.9 Å². The molecule has 72 valence electrons. The molecular weight excluding hydrogens is 196 g/mol. The molecule has 3 heteroatoms. The van der Waals surface area contributed by atoms with Crippen LogP contribution in [0.1, 0.15) is 11.8 Å². The van der Waals surface area contributed by atoms with Crippen molar-refractivity contribution in [2.45, 2.75) is 6.92 Å². The van der Waals surface area contributed by atoms with E-state index in [1.54, 1.807) is 18.3 Å². The van der Waals surface area contributed by atoms with Crippen LogP contribution in [0.2, 0.25) is 0 Å². The average Bonchev–Trinajstić information content (AvgIpc) is 2.65. The van der Waals surface area contributed by atoms with Crippen LogP contribution in [0.4, 0.5) is 0 Å². The van der Waals surface area contributed by atoms with Crippen LogP contribution < -0.4 is 0 Å². The van der Waals surface area contributed by atoms with Gasteiger partial charge in [0.25, 0.3) is 0 Å². The Kier molecular flexibility index (Phi) is 4.53. The summed E-state index contributed by atoms with van der Waals surface area (Å²) < 4.78 is 4.69. The smallest absolute Gasteiger partial charge is 0.331 e. The van der Waals surface area contributed by atoms with Crippen LogP contribution in [-0.2, 0) is 9.53 Å². The third kappa shape index (κ3) is 3.92. The summed E-state index contributed by atoms with van der Waals surface area (Å²) in [6, 6.07) is 3.86. The van der Waals surface area contributed by atoms with Crippen LogP contribution in [0.15, 0.2) is 29.7 Å². The Labute approximate surface area is 87.2 Å². The minimum atomic E-state index is -0.354. The van der Waals surface area contributed by atoms with Gasteiger partial charge in [-0.25, -0.2) is 4.79 Å². The summed E-state index contributed by atoms with van der Waals surface area (Å²) in [7, 11) is 0. The molecule has 0 N–H and O–H groups in total. The normalized spacial score (nSPS) is 9.50. The molecule has 0 saturated carbocycles. The summed E-state index contributed by atoms with van der Waals surface area (Å²) in [5, 5.41) is 1.96. The lowest BCUT2D eigenvalue weighted by atomic mass is 10.4. The molecule has 1 rings (SSSR count). The zero-order valence-corrected chi connectivity index (χ0v) is 8.64. The Morgan fingerprint density at radius 2 is 2.57 bits per heavy atom. The van der Waals surface area contributed by atoms with Crippen LogP contribution in [0.25, 0.3) is 0 Å². The summed E-state index contributed by atoms with van der Waals surface area (Å²) in [5.74, 6) is 5.30. The number of hydrogen-bond donors (Lipinski definition) is 0. The minimum Gasteiger partial charge on any atom is -0.463 e. The number of carbonyl (C=O) groups excluding carboxylic acids is 1. The number of carbonyl (C=O) groups is 1. The molecule has 1 heterocycles. The van der Waals surface area contributed by atoms with E-state index < -0.39 is 0 Å². The predicted molar refractivity (Wildman–Crippen MR) is 57.0 cm³/mol. The topological polar surface area (TPSA) is 26.3 Å². The summed E-state index contributed by atoms with van der Waals surface area (Å²) in [4.78, 5) is 11.8. The average molecular weight is 206 g/mol. The number of esters is 1. The third-order valence-corrected chi connectivity index (χ3v) is 2.09. The molecule has 1 aromatic heterocycles. The van der Waals surface area contributed by atoms with Gasteiger partial charge in [0.2, 0.25) is 0 Å². The zero-order chi connectivity index (χ0) is 10.2. The molecule has 0 amide bonds. The van der Waals surface area contributed by atoms with Crippen molar-refractivity contribution in [1.82, 2.24) is 0 Å². The number of rotatable bonds is 2. The second kappa shape index (κ2) is 6.01. The van der Waals surface area contributed by atoms with Crippen molar-refractivity contribution in [3.8, 4) is 11.8 Å². The molecule has 0 spiro atoms. The molecular formula is C11H10O2S. The summed E-state index contributed by atoms with van der Waals surface area (Å²) in [6.45, 7) is 2.16. The highest BCUT2D eigenvalue weighted by atomic mass is 32.1. The van der Waals surface area contributed by atoms with Gasteiger partial charge in [0.05, 0.1) is 11.5 Å². The van der Waals surface area contributed by atoms with Crippen LogP contribution in [0.3, 0.4) is 0 Å². The highest BCUT2D eigenvalue weighted by Crippen LogP contribution is 2.05. The maximum Gasteiger partial charge on any atom is 0.331 e.